The van der Waals surface area contributed by atoms with Crippen LogP contribution in [0.3, 0.4) is 0 Å². The van der Waals surface area contributed by atoms with Crippen LogP contribution in [0.5, 0.6) is 0 Å². The van der Waals surface area contributed by atoms with E-state index in [1.165, 1.54) is 17.3 Å². The second-order valence-corrected chi connectivity index (χ2v) is 9.24. The maximum Gasteiger partial charge on any atom is 0.348 e. The van der Waals surface area contributed by atoms with Gasteiger partial charge in [-0.3, -0.25) is 14.2 Å². The van der Waals surface area contributed by atoms with Gasteiger partial charge in [0.15, 0.2) is 0 Å². The Labute approximate surface area is 193 Å². The fourth-order valence-electron chi connectivity index (χ4n) is 3.81. The normalized spacial score (nSPS) is 14.4. The van der Waals surface area contributed by atoms with Crippen LogP contribution in [0, 0.1) is 6.92 Å². The number of carbonyl (C=O) groups is 2. The lowest BCUT2D eigenvalue weighted by Crippen LogP contribution is -2.25. The van der Waals surface area contributed by atoms with Crippen LogP contribution in [-0.2, 0) is 27.4 Å². The van der Waals surface area contributed by atoms with Gasteiger partial charge in [-0.25, -0.2) is 9.78 Å². The maximum absolute atomic E-state index is 13.0. The number of aryl methyl sites for hydroxylation is 1. The molecule has 0 spiro atoms. The van der Waals surface area contributed by atoms with Crippen LogP contribution in [-0.4, -0.2) is 27.6 Å². The molecule has 4 rings (SSSR count). The number of nitrogens with zero attached hydrogens (tertiary/aromatic N) is 2. The van der Waals surface area contributed by atoms with E-state index in [0.29, 0.717) is 31.2 Å². The third-order valence-electron chi connectivity index (χ3n) is 5.57. The molecule has 1 aliphatic carbocycles. The molecule has 0 saturated heterocycles. The highest BCUT2D eigenvalue weighted by Crippen LogP contribution is 2.29. The number of halogens is 1. The van der Waals surface area contributed by atoms with E-state index in [1.807, 2.05) is 0 Å². The van der Waals surface area contributed by atoms with Gasteiger partial charge < -0.3 is 9.47 Å². The Kier molecular flexibility index (Phi) is 6.91. The second-order valence-electron chi connectivity index (χ2n) is 7.83. The Morgan fingerprint density at radius 3 is 2.72 bits per heavy atom. The zero-order valence-electron chi connectivity index (χ0n) is 17.6. The van der Waals surface area contributed by atoms with Crippen molar-refractivity contribution in [2.45, 2.75) is 58.3 Å². The minimum absolute atomic E-state index is 0.0115. The van der Waals surface area contributed by atoms with Gasteiger partial charge in [0.25, 0.3) is 5.56 Å². The summed E-state index contributed by atoms with van der Waals surface area (Å²) < 4.78 is 12.1. The number of aromatic nitrogens is 2. The summed E-state index contributed by atoms with van der Waals surface area (Å²) in [5, 5.41) is 0.828. The Hall–Kier alpha value is -2.71. The number of ether oxygens (including phenoxy) is 2. The predicted molar refractivity (Wildman–Crippen MR) is 122 cm³/mol. The second kappa shape index (κ2) is 9.83. The van der Waals surface area contributed by atoms with Crippen molar-refractivity contribution >= 4 is 45.1 Å². The first kappa shape index (κ1) is 22.5. The van der Waals surface area contributed by atoms with Crippen LogP contribution < -0.4 is 5.56 Å². The molecule has 7 nitrogen and oxygen atoms in total. The Bertz CT molecular complexity index is 1210. The summed E-state index contributed by atoms with van der Waals surface area (Å²) in [7, 11) is 0. The van der Waals surface area contributed by atoms with Gasteiger partial charge in [0.1, 0.15) is 29.0 Å². The maximum atomic E-state index is 13.0. The quantitative estimate of drug-likeness (QED) is 0.483. The summed E-state index contributed by atoms with van der Waals surface area (Å²) in [6, 6.07) is 7.06. The summed E-state index contributed by atoms with van der Waals surface area (Å²) in [6.07, 6.45) is 6.25. The van der Waals surface area contributed by atoms with E-state index in [9.17, 15) is 14.4 Å². The molecule has 0 bridgehead atoms. The topological polar surface area (TPSA) is 87.5 Å². The fourth-order valence-corrected chi connectivity index (χ4v) is 5.03. The van der Waals surface area contributed by atoms with Gasteiger partial charge in [-0.1, -0.05) is 36.2 Å². The van der Waals surface area contributed by atoms with E-state index >= 15 is 0 Å². The standard InChI is InChI=1S/C23H23ClN2O5S/c1-14-19-21(32-20(14)23(29)31-16-8-3-2-4-9-16)25-13-26(22(19)28)11-18(27)30-12-15-7-5-6-10-17(15)24/h5-7,10,13,16H,2-4,8-9,11-12H2,1H3. The lowest BCUT2D eigenvalue weighted by molar-refractivity contribution is -0.145. The molecule has 3 aromatic rings. The van der Waals surface area contributed by atoms with Gasteiger partial charge in [0.05, 0.1) is 11.7 Å². The van der Waals surface area contributed by atoms with Crippen LogP contribution in [0.2, 0.25) is 5.02 Å². The third kappa shape index (κ3) is 4.86. The summed E-state index contributed by atoms with van der Waals surface area (Å²) in [6.45, 7) is 1.43. The first-order valence-electron chi connectivity index (χ1n) is 10.5. The smallest absolute Gasteiger partial charge is 0.348 e. The van der Waals surface area contributed by atoms with E-state index in [-0.39, 0.29) is 19.3 Å². The monoisotopic (exact) mass is 474 g/mol. The number of hydrogen-bond acceptors (Lipinski definition) is 7. The summed E-state index contributed by atoms with van der Waals surface area (Å²) in [5.74, 6) is -1.000. The minimum atomic E-state index is -0.585. The average molecular weight is 475 g/mol. The largest absolute Gasteiger partial charge is 0.459 e. The van der Waals surface area contributed by atoms with Gasteiger partial charge in [-0.05, 0) is 44.2 Å². The van der Waals surface area contributed by atoms with E-state index < -0.39 is 17.5 Å². The van der Waals surface area contributed by atoms with Gasteiger partial charge in [0.2, 0.25) is 0 Å². The summed E-state index contributed by atoms with van der Waals surface area (Å²) >= 11 is 7.21. The first-order valence-corrected chi connectivity index (χ1v) is 11.7. The minimum Gasteiger partial charge on any atom is -0.459 e. The molecule has 9 heteroatoms. The van der Waals surface area contributed by atoms with Crippen molar-refractivity contribution in [3.05, 3.63) is 62.0 Å². The molecule has 0 atom stereocenters. The van der Waals surface area contributed by atoms with Crippen molar-refractivity contribution in [2.75, 3.05) is 0 Å². The number of fused-ring (bicyclic) bond motifs is 1. The van der Waals surface area contributed by atoms with E-state index in [1.54, 1.807) is 31.2 Å². The number of thiophene rings is 1. The first-order chi connectivity index (χ1) is 15.4. The molecule has 0 unspecified atom stereocenters. The van der Waals surface area contributed by atoms with Crippen molar-refractivity contribution in [3.8, 4) is 0 Å². The zero-order chi connectivity index (χ0) is 22.7. The Morgan fingerprint density at radius 2 is 1.97 bits per heavy atom. The molecule has 1 fully saturated rings. The van der Waals surface area contributed by atoms with Gasteiger partial charge in [0, 0.05) is 10.6 Å². The molecule has 168 valence electrons. The molecule has 0 amide bonds. The molecule has 2 heterocycles. The summed E-state index contributed by atoms with van der Waals surface area (Å²) in [5.41, 5.74) is 0.815. The molecule has 2 aromatic heterocycles. The lowest BCUT2D eigenvalue weighted by Gasteiger charge is -2.21. The Balaban J connectivity index is 1.49. The average Bonchev–Trinajstić information content (AvgIpc) is 3.13. The molecule has 0 N–H and O–H groups in total. The molecule has 1 aromatic carbocycles. The van der Waals surface area contributed by atoms with Crippen molar-refractivity contribution in [1.29, 1.82) is 0 Å². The van der Waals surface area contributed by atoms with Crippen molar-refractivity contribution in [2.24, 2.45) is 0 Å². The van der Waals surface area contributed by atoms with Gasteiger partial charge in [-0.15, -0.1) is 11.3 Å². The van der Waals surface area contributed by atoms with E-state index in [4.69, 9.17) is 21.1 Å². The molecule has 0 aliphatic heterocycles. The van der Waals surface area contributed by atoms with Crippen LogP contribution >= 0.6 is 22.9 Å². The van der Waals surface area contributed by atoms with Crippen LogP contribution in [0.1, 0.15) is 52.9 Å². The molecule has 0 radical (unpaired) electrons. The van der Waals surface area contributed by atoms with Crippen molar-refractivity contribution < 1.29 is 19.1 Å². The van der Waals surface area contributed by atoms with E-state index in [2.05, 4.69) is 4.98 Å². The molecular formula is C23H23ClN2O5S. The number of hydrogen-bond donors (Lipinski definition) is 0. The van der Waals surface area contributed by atoms with Crippen LogP contribution in [0.15, 0.2) is 35.4 Å². The highest BCUT2D eigenvalue weighted by atomic mass is 35.5. The highest BCUT2D eigenvalue weighted by Gasteiger charge is 2.24. The highest BCUT2D eigenvalue weighted by molar-refractivity contribution is 7.20. The van der Waals surface area contributed by atoms with E-state index in [0.717, 1.165) is 37.0 Å². The van der Waals surface area contributed by atoms with Gasteiger partial charge in [-0.2, -0.15) is 0 Å². The van der Waals surface area contributed by atoms with Crippen LogP contribution in [0.4, 0.5) is 0 Å². The molecule has 1 saturated carbocycles. The van der Waals surface area contributed by atoms with Crippen molar-refractivity contribution in [3.63, 3.8) is 0 Å². The predicted octanol–water partition coefficient (Wildman–Crippen LogP) is 4.65. The molecule has 1 aliphatic rings. The number of esters is 2. The zero-order valence-corrected chi connectivity index (χ0v) is 19.2. The van der Waals surface area contributed by atoms with Crippen molar-refractivity contribution in [1.82, 2.24) is 9.55 Å². The molecular weight excluding hydrogens is 452 g/mol. The molecule has 32 heavy (non-hydrogen) atoms. The van der Waals surface area contributed by atoms with Crippen LogP contribution in [0.25, 0.3) is 10.2 Å². The number of benzene rings is 1. The number of rotatable bonds is 6. The SMILES string of the molecule is Cc1c(C(=O)OC2CCCCC2)sc2ncn(CC(=O)OCc3ccccc3Cl)c(=O)c12. The number of carbonyl (C=O) groups excluding carboxylic acids is 2. The fraction of sp³-hybridized carbons (Fsp3) is 0.391. The summed E-state index contributed by atoms with van der Waals surface area (Å²) in [4.78, 5) is 43.1. The van der Waals surface area contributed by atoms with Gasteiger partial charge >= 0.3 is 11.9 Å². The third-order valence-corrected chi connectivity index (χ3v) is 7.12. The Morgan fingerprint density at radius 1 is 1.22 bits per heavy atom. The lowest BCUT2D eigenvalue weighted by atomic mass is 9.98.